The molecule has 0 aromatic carbocycles. The highest BCUT2D eigenvalue weighted by Crippen LogP contribution is 2.33. The van der Waals surface area contributed by atoms with Crippen LogP contribution in [-0.2, 0) is 9.63 Å². The first-order chi connectivity index (χ1) is 5.27. The third-order valence-electron chi connectivity index (χ3n) is 2.70. The molecule has 1 aliphatic carbocycles. The molecule has 1 heterocycles. The van der Waals surface area contributed by atoms with Gasteiger partial charge in [0.2, 0.25) is 5.91 Å². The maximum atomic E-state index is 11.1. The Bertz CT molecular complexity index is 181. The first-order valence-corrected chi connectivity index (χ1v) is 4.23. The van der Waals surface area contributed by atoms with Crippen LogP contribution in [0, 0.1) is 11.8 Å². The second kappa shape index (κ2) is 2.48. The van der Waals surface area contributed by atoms with E-state index in [-0.39, 0.29) is 17.9 Å². The van der Waals surface area contributed by atoms with E-state index in [1.165, 1.54) is 0 Å². The van der Waals surface area contributed by atoms with Crippen LogP contribution in [-0.4, -0.2) is 12.0 Å². The number of hydrogen-bond donors (Lipinski definition) is 1. The lowest BCUT2D eigenvalue weighted by molar-refractivity contribution is -0.126. The van der Waals surface area contributed by atoms with Crippen molar-refractivity contribution in [2.45, 2.75) is 32.3 Å². The molecule has 3 atom stereocenters. The predicted octanol–water partition coefficient (Wildman–Crippen LogP) is 0.853. The largest absolute Gasteiger partial charge is 0.272 e. The average Bonchev–Trinajstić information content (AvgIpc) is 2.32. The molecule has 1 saturated carbocycles. The normalized spacial score (nSPS) is 43.4. The number of amides is 1. The fourth-order valence-corrected chi connectivity index (χ4v) is 1.97. The maximum absolute atomic E-state index is 11.1. The summed E-state index contributed by atoms with van der Waals surface area (Å²) in [6, 6.07) is 0. The lowest BCUT2D eigenvalue weighted by Crippen LogP contribution is -2.28. The average molecular weight is 155 g/mol. The highest BCUT2D eigenvalue weighted by Gasteiger charge is 2.39. The molecule has 2 rings (SSSR count). The van der Waals surface area contributed by atoms with Crippen molar-refractivity contribution in [3.05, 3.63) is 0 Å². The van der Waals surface area contributed by atoms with Crippen molar-refractivity contribution in [2.75, 3.05) is 0 Å². The summed E-state index contributed by atoms with van der Waals surface area (Å²) in [5, 5.41) is 0. The molecule has 3 nitrogen and oxygen atoms in total. The first-order valence-electron chi connectivity index (χ1n) is 4.23. The SMILES string of the molecule is CC1CCC2C(=O)NOC2C1. The van der Waals surface area contributed by atoms with Crippen LogP contribution in [0.15, 0.2) is 0 Å². The summed E-state index contributed by atoms with van der Waals surface area (Å²) in [4.78, 5) is 16.2. The molecular weight excluding hydrogens is 142 g/mol. The Morgan fingerprint density at radius 3 is 3.18 bits per heavy atom. The van der Waals surface area contributed by atoms with Gasteiger partial charge in [-0.15, -0.1) is 0 Å². The zero-order valence-electron chi connectivity index (χ0n) is 6.67. The van der Waals surface area contributed by atoms with Gasteiger partial charge in [0.25, 0.3) is 0 Å². The van der Waals surface area contributed by atoms with Gasteiger partial charge in [0.15, 0.2) is 0 Å². The summed E-state index contributed by atoms with van der Waals surface area (Å²) in [6.07, 6.45) is 3.35. The minimum atomic E-state index is 0.0851. The van der Waals surface area contributed by atoms with Gasteiger partial charge in [-0.3, -0.25) is 9.63 Å². The summed E-state index contributed by atoms with van der Waals surface area (Å²) in [5.74, 6) is 0.942. The van der Waals surface area contributed by atoms with Crippen LogP contribution in [0.2, 0.25) is 0 Å². The molecule has 3 heteroatoms. The number of hydroxylamine groups is 1. The van der Waals surface area contributed by atoms with E-state index in [0.29, 0.717) is 5.92 Å². The summed E-state index contributed by atoms with van der Waals surface area (Å²) in [6.45, 7) is 2.21. The molecule has 0 aromatic heterocycles. The number of carbonyl (C=O) groups excluding carboxylic acids is 1. The zero-order valence-corrected chi connectivity index (χ0v) is 6.67. The topological polar surface area (TPSA) is 38.3 Å². The van der Waals surface area contributed by atoms with E-state index in [1.54, 1.807) is 0 Å². The number of rotatable bonds is 0. The van der Waals surface area contributed by atoms with Gasteiger partial charge in [-0.2, -0.15) is 0 Å². The lowest BCUT2D eigenvalue weighted by Gasteiger charge is -2.25. The highest BCUT2D eigenvalue weighted by molar-refractivity contribution is 5.79. The van der Waals surface area contributed by atoms with Gasteiger partial charge in [0.05, 0.1) is 12.0 Å². The molecule has 1 amide bonds. The second-order valence-electron chi connectivity index (χ2n) is 3.65. The standard InChI is InChI=1S/C8H13NO2/c1-5-2-3-6-7(4-5)11-9-8(6)10/h5-7H,2-4H2,1H3,(H,9,10). The molecule has 1 aliphatic heterocycles. The van der Waals surface area contributed by atoms with E-state index in [2.05, 4.69) is 12.4 Å². The minimum absolute atomic E-state index is 0.0851. The van der Waals surface area contributed by atoms with Gasteiger partial charge in [0.1, 0.15) is 0 Å². The van der Waals surface area contributed by atoms with Gasteiger partial charge in [-0.05, 0) is 25.2 Å². The number of nitrogens with one attached hydrogen (secondary N) is 1. The van der Waals surface area contributed by atoms with E-state index >= 15 is 0 Å². The number of fused-ring (bicyclic) bond motifs is 1. The first kappa shape index (κ1) is 7.10. The second-order valence-corrected chi connectivity index (χ2v) is 3.65. The van der Waals surface area contributed by atoms with Gasteiger partial charge < -0.3 is 0 Å². The molecule has 62 valence electrons. The fourth-order valence-electron chi connectivity index (χ4n) is 1.97. The summed E-state index contributed by atoms with van der Waals surface area (Å²) in [7, 11) is 0. The van der Waals surface area contributed by atoms with Crippen molar-refractivity contribution >= 4 is 5.91 Å². The minimum Gasteiger partial charge on any atom is -0.272 e. The van der Waals surface area contributed by atoms with Crippen LogP contribution in [0.1, 0.15) is 26.2 Å². The third-order valence-corrected chi connectivity index (χ3v) is 2.70. The predicted molar refractivity (Wildman–Crippen MR) is 39.5 cm³/mol. The number of carbonyl (C=O) groups is 1. The van der Waals surface area contributed by atoms with Crippen LogP contribution < -0.4 is 5.48 Å². The van der Waals surface area contributed by atoms with E-state index in [1.807, 2.05) is 0 Å². The highest BCUT2D eigenvalue weighted by atomic mass is 16.7. The summed E-state index contributed by atoms with van der Waals surface area (Å²) >= 11 is 0. The van der Waals surface area contributed by atoms with E-state index < -0.39 is 0 Å². The molecule has 1 saturated heterocycles. The Hall–Kier alpha value is -0.570. The van der Waals surface area contributed by atoms with Crippen LogP contribution in [0.5, 0.6) is 0 Å². The van der Waals surface area contributed by atoms with Gasteiger partial charge >= 0.3 is 0 Å². The third kappa shape index (κ3) is 1.13. The monoisotopic (exact) mass is 155 g/mol. The molecule has 2 aliphatic rings. The van der Waals surface area contributed by atoms with E-state index in [9.17, 15) is 4.79 Å². The van der Waals surface area contributed by atoms with Crippen LogP contribution in [0.3, 0.4) is 0 Å². The Kier molecular flexibility index (Phi) is 1.60. The fraction of sp³-hybridized carbons (Fsp3) is 0.875. The molecular formula is C8H13NO2. The van der Waals surface area contributed by atoms with Crippen LogP contribution in [0.4, 0.5) is 0 Å². The van der Waals surface area contributed by atoms with Gasteiger partial charge in [-0.1, -0.05) is 6.92 Å². The van der Waals surface area contributed by atoms with Gasteiger partial charge in [0, 0.05) is 0 Å². The van der Waals surface area contributed by atoms with Crippen LogP contribution in [0.25, 0.3) is 0 Å². The number of hydrogen-bond acceptors (Lipinski definition) is 2. The van der Waals surface area contributed by atoms with Gasteiger partial charge in [-0.25, -0.2) is 5.48 Å². The molecule has 3 unspecified atom stereocenters. The van der Waals surface area contributed by atoms with E-state index in [0.717, 1.165) is 19.3 Å². The Morgan fingerprint density at radius 1 is 1.55 bits per heavy atom. The molecule has 0 bridgehead atoms. The quantitative estimate of drug-likeness (QED) is 0.563. The molecule has 1 N–H and O–H groups in total. The summed E-state index contributed by atoms with van der Waals surface area (Å²) < 4.78 is 0. The van der Waals surface area contributed by atoms with Crippen molar-refractivity contribution in [1.29, 1.82) is 0 Å². The molecule has 0 aromatic rings. The zero-order chi connectivity index (χ0) is 7.84. The molecule has 2 fully saturated rings. The van der Waals surface area contributed by atoms with E-state index in [4.69, 9.17) is 4.84 Å². The van der Waals surface area contributed by atoms with Crippen molar-refractivity contribution in [1.82, 2.24) is 5.48 Å². The molecule has 0 radical (unpaired) electrons. The molecule has 0 spiro atoms. The van der Waals surface area contributed by atoms with Crippen molar-refractivity contribution in [3.8, 4) is 0 Å². The molecule has 11 heavy (non-hydrogen) atoms. The van der Waals surface area contributed by atoms with Crippen molar-refractivity contribution in [3.63, 3.8) is 0 Å². The van der Waals surface area contributed by atoms with Crippen LogP contribution >= 0.6 is 0 Å². The smallest absolute Gasteiger partial charge is 0.249 e. The van der Waals surface area contributed by atoms with Crippen molar-refractivity contribution < 1.29 is 9.63 Å². The van der Waals surface area contributed by atoms with Crippen molar-refractivity contribution in [2.24, 2.45) is 11.8 Å². The lowest BCUT2D eigenvalue weighted by atomic mass is 9.81. The summed E-state index contributed by atoms with van der Waals surface area (Å²) in [5.41, 5.74) is 2.44. The Morgan fingerprint density at radius 2 is 2.36 bits per heavy atom. The Labute approximate surface area is 66.1 Å². The Balaban J connectivity index is 2.06. The maximum Gasteiger partial charge on any atom is 0.249 e.